The second kappa shape index (κ2) is 7.95. The lowest BCUT2D eigenvalue weighted by atomic mass is 9.98. The van der Waals surface area contributed by atoms with Crippen molar-refractivity contribution in [2.45, 2.75) is 31.9 Å². The van der Waals surface area contributed by atoms with Gasteiger partial charge in [0.25, 0.3) is 17.4 Å². The predicted octanol–water partition coefficient (Wildman–Crippen LogP) is 2.01. The number of benzene rings is 2. The van der Waals surface area contributed by atoms with E-state index in [0.29, 0.717) is 11.4 Å². The number of carbonyl (C=O) groups excluding carboxylic acids is 3. The summed E-state index contributed by atoms with van der Waals surface area (Å²) < 4.78 is 10.7. The summed E-state index contributed by atoms with van der Waals surface area (Å²) in [6.45, 7) is 3.31. The Kier molecular flexibility index (Phi) is 5.59. The minimum absolute atomic E-state index is 0.231. The molecule has 2 aromatic carbocycles. The zero-order valence-electron chi connectivity index (χ0n) is 16.9. The fourth-order valence-electron chi connectivity index (χ4n) is 3.29. The highest BCUT2D eigenvalue weighted by molar-refractivity contribution is 6.16. The van der Waals surface area contributed by atoms with E-state index in [2.05, 4.69) is 5.32 Å². The third-order valence-electron chi connectivity index (χ3n) is 5.01. The van der Waals surface area contributed by atoms with Gasteiger partial charge in [0.2, 0.25) is 0 Å². The Labute approximate surface area is 169 Å². The summed E-state index contributed by atoms with van der Waals surface area (Å²) in [6.07, 6.45) is 0.231. The van der Waals surface area contributed by atoms with Crippen LogP contribution < -0.4 is 15.0 Å². The van der Waals surface area contributed by atoms with Gasteiger partial charge < -0.3 is 19.7 Å². The molecule has 0 saturated heterocycles. The average Bonchev–Trinajstić information content (AvgIpc) is 2.72. The van der Waals surface area contributed by atoms with Crippen molar-refractivity contribution in [3.05, 3.63) is 59.7 Å². The molecule has 0 aliphatic carbocycles. The van der Waals surface area contributed by atoms with Gasteiger partial charge in [0.15, 0.2) is 0 Å². The normalized spacial score (nSPS) is 19.0. The monoisotopic (exact) mass is 396 g/mol. The van der Waals surface area contributed by atoms with E-state index in [1.165, 1.54) is 18.9 Å². The number of nitrogens with zero attached hydrogens (tertiary/aromatic N) is 1. The van der Waals surface area contributed by atoms with Gasteiger partial charge in [0.05, 0.1) is 12.8 Å². The van der Waals surface area contributed by atoms with Crippen LogP contribution in [-0.4, -0.2) is 43.6 Å². The van der Waals surface area contributed by atoms with Crippen LogP contribution in [0, 0.1) is 6.92 Å². The largest absolute Gasteiger partial charge is 0.467 e. The lowest BCUT2D eigenvalue weighted by Crippen LogP contribution is -2.63. The van der Waals surface area contributed by atoms with Gasteiger partial charge in [-0.2, -0.15) is 0 Å². The molecule has 0 saturated carbocycles. The Hall–Kier alpha value is -3.35. The molecule has 0 bridgehead atoms. The Balaban J connectivity index is 1.86. The van der Waals surface area contributed by atoms with Crippen molar-refractivity contribution in [1.82, 2.24) is 5.32 Å². The number of aryl methyl sites for hydroxylation is 1. The molecular weight excluding hydrogens is 372 g/mol. The summed E-state index contributed by atoms with van der Waals surface area (Å²) in [7, 11) is 2.85. The van der Waals surface area contributed by atoms with Gasteiger partial charge in [-0.3, -0.25) is 9.59 Å². The molecule has 1 aliphatic heterocycles. The zero-order valence-corrected chi connectivity index (χ0v) is 16.9. The fourth-order valence-corrected chi connectivity index (χ4v) is 3.29. The van der Waals surface area contributed by atoms with Crippen LogP contribution in [0.15, 0.2) is 48.5 Å². The first kappa shape index (κ1) is 20.4. The smallest absolute Gasteiger partial charge is 0.328 e. The number of methoxy groups -OCH3 is 1. The molecule has 1 N–H and O–H groups in total. The van der Waals surface area contributed by atoms with E-state index in [4.69, 9.17) is 9.47 Å². The Morgan fingerprint density at radius 2 is 1.90 bits per heavy atom. The molecule has 0 fully saturated rings. The summed E-state index contributed by atoms with van der Waals surface area (Å²) in [5, 5.41) is 2.63. The maximum atomic E-state index is 13.1. The van der Waals surface area contributed by atoms with Crippen molar-refractivity contribution in [3.8, 4) is 5.75 Å². The van der Waals surface area contributed by atoms with Crippen molar-refractivity contribution >= 4 is 23.5 Å². The summed E-state index contributed by atoms with van der Waals surface area (Å²) >= 11 is 0. The van der Waals surface area contributed by atoms with Crippen molar-refractivity contribution in [2.24, 2.45) is 0 Å². The number of anilines is 1. The molecule has 1 heterocycles. The molecule has 152 valence electrons. The first-order chi connectivity index (χ1) is 13.8. The van der Waals surface area contributed by atoms with Crippen molar-refractivity contribution in [1.29, 1.82) is 0 Å². The topological polar surface area (TPSA) is 84.9 Å². The third-order valence-corrected chi connectivity index (χ3v) is 5.01. The lowest BCUT2D eigenvalue weighted by molar-refractivity contribution is -0.153. The number of fused-ring (bicyclic) bond motifs is 1. The molecule has 7 heteroatoms. The standard InChI is InChI=1S/C22H24N2O5/c1-14-10-11-18-17(12-14)24(3)21(27)22(2,29-18)20(26)23-16(19(25)28-4)13-15-8-6-5-7-9-15/h5-12,16H,13H2,1-4H3,(H,23,26). The van der Waals surface area contributed by atoms with E-state index in [9.17, 15) is 14.4 Å². The average molecular weight is 396 g/mol. The van der Waals surface area contributed by atoms with Crippen LogP contribution in [0.25, 0.3) is 0 Å². The molecular formula is C22H24N2O5. The molecule has 0 aromatic heterocycles. The number of ether oxygens (including phenoxy) is 2. The highest BCUT2D eigenvalue weighted by Gasteiger charge is 2.50. The molecule has 0 radical (unpaired) electrons. The van der Waals surface area contributed by atoms with Crippen molar-refractivity contribution in [2.75, 3.05) is 19.1 Å². The number of hydrogen-bond acceptors (Lipinski definition) is 5. The number of nitrogens with one attached hydrogen (secondary N) is 1. The Bertz CT molecular complexity index is 943. The van der Waals surface area contributed by atoms with Crippen molar-refractivity contribution < 1.29 is 23.9 Å². The molecule has 1 aliphatic rings. The van der Waals surface area contributed by atoms with Crippen molar-refractivity contribution in [3.63, 3.8) is 0 Å². The molecule has 2 atom stereocenters. The minimum Gasteiger partial charge on any atom is -0.467 e. The molecule has 29 heavy (non-hydrogen) atoms. The maximum Gasteiger partial charge on any atom is 0.328 e. The Morgan fingerprint density at radius 3 is 2.55 bits per heavy atom. The molecule has 2 amide bonds. The predicted molar refractivity (Wildman–Crippen MR) is 108 cm³/mol. The lowest BCUT2D eigenvalue weighted by Gasteiger charge is -2.38. The van der Waals surface area contributed by atoms with Gasteiger partial charge in [-0.1, -0.05) is 36.4 Å². The van der Waals surface area contributed by atoms with E-state index in [0.717, 1.165) is 11.1 Å². The number of hydrogen-bond donors (Lipinski definition) is 1. The molecule has 7 nitrogen and oxygen atoms in total. The SMILES string of the molecule is COC(=O)C(Cc1ccccc1)NC(=O)C1(C)Oc2ccc(C)cc2N(C)C1=O. The first-order valence-corrected chi connectivity index (χ1v) is 9.27. The maximum absolute atomic E-state index is 13.1. The van der Waals surface area contributed by atoms with Gasteiger partial charge >= 0.3 is 5.97 Å². The number of rotatable bonds is 5. The first-order valence-electron chi connectivity index (χ1n) is 9.27. The zero-order chi connectivity index (χ0) is 21.2. The van der Waals surface area contributed by atoms with Crippen LogP contribution >= 0.6 is 0 Å². The fraction of sp³-hybridized carbons (Fsp3) is 0.318. The number of carbonyl (C=O) groups is 3. The second-order valence-corrected chi connectivity index (χ2v) is 7.21. The van der Waals surface area contributed by atoms with Crippen LogP contribution in [-0.2, 0) is 25.5 Å². The van der Waals surface area contributed by atoms with E-state index >= 15 is 0 Å². The number of amides is 2. The van der Waals surface area contributed by atoms with Gasteiger partial charge in [-0.15, -0.1) is 0 Å². The molecule has 3 rings (SSSR count). The summed E-state index contributed by atoms with van der Waals surface area (Å²) in [4.78, 5) is 39.7. The van der Waals surface area contributed by atoms with Gasteiger partial charge in [-0.05, 0) is 37.1 Å². The van der Waals surface area contributed by atoms with Gasteiger partial charge in [0, 0.05) is 13.5 Å². The highest BCUT2D eigenvalue weighted by atomic mass is 16.5. The summed E-state index contributed by atoms with van der Waals surface area (Å²) in [5.74, 6) is -1.39. The highest BCUT2D eigenvalue weighted by Crippen LogP contribution is 2.37. The number of esters is 1. The van der Waals surface area contributed by atoms with Crippen LogP contribution in [0.2, 0.25) is 0 Å². The Morgan fingerprint density at radius 1 is 1.21 bits per heavy atom. The summed E-state index contributed by atoms with van der Waals surface area (Å²) in [6, 6.07) is 13.7. The van der Waals surface area contributed by atoms with E-state index in [1.54, 1.807) is 13.1 Å². The van der Waals surface area contributed by atoms with E-state index in [1.807, 2.05) is 49.4 Å². The quantitative estimate of drug-likeness (QED) is 0.617. The van der Waals surface area contributed by atoms with Crippen LogP contribution in [0.3, 0.4) is 0 Å². The van der Waals surface area contributed by atoms with Crippen LogP contribution in [0.4, 0.5) is 5.69 Å². The van der Waals surface area contributed by atoms with Gasteiger partial charge in [0.1, 0.15) is 11.8 Å². The third kappa shape index (κ3) is 3.94. The van der Waals surface area contributed by atoms with E-state index < -0.39 is 29.4 Å². The van der Waals surface area contributed by atoms with E-state index in [-0.39, 0.29) is 6.42 Å². The minimum atomic E-state index is -1.81. The number of likely N-dealkylation sites (N-methyl/N-ethyl adjacent to an activating group) is 1. The molecule has 2 unspecified atom stereocenters. The molecule has 0 spiro atoms. The van der Waals surface area contributed by atoms with Crippen LogP contribution in [0.5, 0.6) is 5.75 Å². The van der Waals surface area contributed by atoms with Crippen LogP contribution in [0.1, 0.15) is 18.1 Å². The summed E-state index contributed by atoms with van der Waals surface area (Å²) in [5.41, 5.74) is 0.602. The van der Waals surface area contributed by atoms with Gasteiger partial charge in [-0.25, -0.2) is 4.79 Å². The second-order valence-electron chi connectivity index (χ2n) is 7.21. The molecule has 2 aromatic rings.